The van der Waals surface area contributed by atoms with Crippen molar-refractivity contribution in [2.24, 2.45) is 0 Å². The van der Waals surface area contributed by atoms with Crippen LogP contribution in [0.4, 0.5) is 0 Å². The predicted octanol–water partition coefficient (Wildman–Crippen LogP) is 5.73. The first-order chi connectivity index (χ1) is 10.9. The van der Waals surface area contributed by atoms with Crippen LogP contribution in [0.15, 0.2) is 24.3 Å². The van der Waals surface area contributed by atoms with Crippen molar-refractivity contribution in [2.45, 2.75) is 75.3 Å². The number of rotatable bonds is 5. The maximum atomic E-state index is 6.69. The quantitative estimate of drug-likeness (QED) is 0.645. The molecule has 0 amide bonds. The molecule has 22 heavy (non-hydrogen) atoms. The van der Waals surface area contributed by atoms with Crippen molar-refractivity contribution < 1.29 is 9.16 Å². The van der Waals surface area contributed by atoms with E-state index in [1.807, 2.05) is 12.1 Å². The second kappa shape index (κ2) is 8.05. The Morgan fingerprint density at radius 2 is 1.27 bits per heavy atom. The van der Waals surface area contributed by atoms with Crippen LogP contribution in [0.5, 0.6) is 11.5 Å². The summed E-state index contributed by atoms with van der Waals surface area (Å²) in [5.41, 5.74) is 1.68. The molecule has 1 aromatic rings. The third-order valence-corrected chi connectivity index (χ3v) is 8.53. The zero-order chi connectivity index (χ0) is 15.2. The molecule has 2 nitrogen and oxygen atoms in total. The summed E-state index contributed by atoms with van der Waals surface area (Å²) in [4.78, 5) is 0. The molecular formula is C19H29O2Si. The van der Waals surface area contributed by atoms with Crippen LogP contribution < -0.4 is 9.16 Å². The molecule has 3 rings (SSSR count). The maximum Gasteiger partial charge on any atom is 0.287 e. The van der Waals surface area contributed by atoms with Crippen LogP contribution in [0.3, 0.4) is 0 Å². The number of methoxy groups -OCH3 is 1. The van der Waals surface area contributed by atoms with Crippen molar-refractivity contribution in [3.05, 3.63) is 24.3 Å². The average molecular weight is 318 g/mol. The van der Waals surface area contributed by atoms with Gasteiger partial charge in [0.15, 0.2) is 5.75 Å². The van der Waals surface area contributed by atoms with E-state index in [-0.39, 0.29) is 0 Å². The highest BCUT2D eigenvalue weighted by Crippen LogP contribution is 2.43. The van der Waals surface area contributed by atoms with Gasteiger partial charge in [0.25, 0.3) is 9.04 Å². The van der Waals surface area contributed by atoms with Crippen LogP contribution in [0.2, 0.25) is 11.1 Å². The van der Waals surface area contributed by atoms with Gasteiger partial charge >= 0.3 is 0 Å². The fourth-order valence-corrected chi connectivity index (χ4v) is 7.48. The van der Waals surface area contributed by atoms with Gasteiger partial charge in [0.2, 0.25) is 0 Å². The van der Waals surface area contributed by atoms with E-state index in [0.717, 1.165) is 22.6 Å². The molecule has 0 saturated heterocycles. The Kier molecular flexibility index (Phi) is 5.82. The molecule has 0 atom stereocenters. The molecule has 1 radical (unpaired) electrons. The highest BCUT2D eigenvalue weighted by Gasteiger charge is 2.37. The van der Waals surface area contributed by atoms with E-state index in [0.29, 0.717) is 0 Å². The second-order valence-electron chi connectivity index (χ2n) is 6.83. The Morgan fingerprint density at radius 1 is 0.773 bits per heavy atom. The van der Waals surface area contributed by atoms with Gasteiger partial charge in [-0.2, -0.15) is 0 Å². The Hall–Kier alpha value is -0.963. The predicted molar refractivity (Wildman–Crippen MR) is 93.0 cm³/mol. The summed E-state index contributed by atoms with van der Waals surface area (Å²) >= 11 is 0. The molecule has 2 fully saturated rings. The molecule has 2 aliphatic rings. The third kappa shape index (κ3) is 3.86. The van der Waals surface area contributed by atoms with E-state index >= 15 is 0 Å². The molecule has 2 saturated carbocycles. The molecule has 0 bridgehead atoms. The van der Waals surface area contributed by atoms with Gasteiger partial charge in [0.1, 0.15) is 5.75 Å². The van der Waals surface area contributed by atoms with E-state index in [2.05, 4.69) is 12.1 Å². The van der Waals surface area contributed by atoms with E-state index in [9.17, 15) is 0 Å². The summed E-state index contributed by atoms with van der Waals surface area (Å²) in [7, 11) is 0.936. The van der Waals surface area contributed by atoms with Crippen LogP contribution >= 0.6 is 0 Å². The maximum absolute atomic E-state index is 6.69. The largest absolute Gasteiger partial charge is 0.539 e. The van der Waals surface area contributed by atoms with Crippen molar-refractivity contribution in [1.82, 2.24) is 0 Å². The topological polar surface area (TPSA) is 18.5 Å². The van der Waals surface area contributed by atoms with E-state index in [4.69, 9.17) is 9.16 Å². The molecule has 0 heterocycles. The van der Waals surface area contributed by atoms with Gasteiger partial charge in [-0.15, -0.1) is 0 Å². The molecule has 0 aliphatic heterocycles. The first-order valence-corrected chi connectivity index (χ1v) is 10.6. The lowest BCUT2D eigenvalue weighted by atomic mass is 9.99. The molecule has 121 valence electrons. The lowest BCUT2D eigenvalue weighted by Crippen LogP contribution is -2.36. The van der Waals surface area contributed by atoms with Crippen LogP contribution in [-0.4, -0.2) is 16.2 Å². The van der Waals surface area contributed by atoms with Crippen LogP contribution in [0.1, 0.15) is 64.2 Å². The fourth-order valence-electron chi connectivity index (χ4n) is 4.10. The highest BCUT2D eigenvalue weighted by atomic mass is 28.3. The average Bonchev–Trinajstić information content (AvgIpc) is 2.61. The molecule has 1 aromatic carbocycles. The molecule has 0 spiro atoms. The molecule has 0 unspecified atom stereocenters. The number of ether oxygens (including phenoxy) is 1. The van der Waals surface area contributed by atoms with Gasteiger partial charge in [-0.05, 0) is 48.9 Å². The molecule has 0 aromatic heterocycles. The Bertz CT molecular complexity index is 433. The van der Waals surface area contributed by atoms with Gasteiger partial charge in [-0.1, -0.05) is 50.7 Å². The summed E-state index contributed by atoms with van der Waals surface area (Å²) in [6.07, 6.45) is 14.0. The fraction of sp³-hybridized carbons (Fsp3) is 0.684. The number of hydrogen-bond donors (Lipinski definition) is 0. The first-order valence-electron chi connectivity index (χ1n) is 9.06. The van der Waals surface area contributed by atoms with E-state index in [1.54, 1.807) is 7.11 Å². The molecule has 0 N–H and O–H groups in total. The second-order valence-corrected chi connectivity index (χ2v) is 9.47. The lowest BCUT2D eigenvalue weighted by molar-refractivity contribution is 0.373. The van der Waals surface area contributed by atoms with E-state index < -0.39 is 9.04 Å². The first kappa shape index (κ1) is 15.9. The molecule has 2 aliphatic carbocycles. The van der Waals surface area contributed by atoms with Gasteiger partial charge < -0.3 is 9.16 Å². The van der Waals surface area contributed by atoms with Crippen molar-refractivity contribution in [3.63, 3.8) is 0 Å². The van der Waals surface area contributed by atoms with Crippen molar-refractivity contribution in [3.8, 4) is 11.5 Å². The van der Waals surface area contributed by atoms with Crippen molar-refractivity contribution in [2.75, 3.05) is 7.11 Å². The number of benzene rings is 1. The Morgan fingerprint density at radius 3 is 1.77 bits per heavy atom. The Balaban J connectivity index is 1.77. The third-order valence-electron chi connectivity index (χ3n) is 5.31. The lowest BCUT2D eigenvalue weighted by Gasteiger charge is -2.35. The van der Waals surface area contributed by atoms with E-state index in [1.165, 1.54) is 64.2 Å². The minimum Gasteiger partial charge on any atom is -0.539 e. The minimum atomic E-state index is -0.810. The SMILES string of the molecule is COc1ccccc1O[Si](C1CCCCC1)C1CCCCC1. The molecular weight excluding hydrogens is 288 g/mol. The smallest absolute Gasteiger partial charge is 0.287 e. The number of hydrogen-bond acceptors (Lipinski definition) is 2. The Labute approximate surface area is 136 Å². The summed E-state index contributed by atoms with van der Waals surface area (Å²) in [6, 6.07) is 8.21. The van der Waals surface area contributed by atoms with Crippen molar-refractivity contribution in [1.29, 1.82) is 0 Å². The summed E-state index contributed by atoms with van der Waals surface area (Å²) in [5.74, 6) is 1.88. The molecule has 3 heteroatoms. The van der Waals surface area contributed by atoms with Gasteiger partial charge in [-0.3, -0.25) is 0 Å². The van der Waals surface area contributed by atoms with Crippen molar-refractivity contribution >= 4 is 9.04 Å². The van der Waals surface area contributed by atoms with Gasteiger partial charge in [0.05, 0.1) is 7.11 Å². The van der Waals surface area contributed by atoms with Crippen LogP contribution in [0, 0.1) is 0 Å². The monoisotopic (exact) mass is 317 g/mol. The summed E-state index contributed by atoms with van der Waals surface area (Å²) < 4.78 is 12.2. The van der Waals surface area contributed by atoms with Crippen LogP contribution in [0.25, 0.3) is 0 Å². The highest BCUT2D eigenvalue weighted by molar-refractivity contribution is 6.56. The van der Waals surface area contributed by atoms with Gasteiger partial charge in [0, 0.05) is 0 Å². The minimum absolute atomic E-state index is 0.810. The normalized spacial score (nSPS) is 21.0. The standard InChI is InChI=1S/C19H29O2Si/c1-20-18-14-8-9-15-19(18)21-22(16-10-4-2-5-11-16)17-12-6-3-7-13-17/h8-9,14-17H,2-7,10-13H2,1H3. The zero-order valence-corrected chi connectivity index (χ0v) is 14.9. The van der Waals surface area contributed by atoms with Crippen LogP contribution in [-0.2, 0) is 0 Å². The van der Waals surface area contributed by atoms with Gasteiger partial charge in [-0.25, -0.2) is 0 Å². The summed E-state index contributed by atoms with van der Waals surface area (Å²) in [5, 5.41) is 0. The number of para-hydroxylation sites is 2. The zero-order valence-electron chi connectivity index (χ0n) is 13.9. The summed E-state index contributed by atoms with van der Waals surface area (Å²) in [6.45, 7) is 0.